The predicted octanol–water partition coefficient (Wildman–Crippen LogP) is 12.2. The van der Waals surface area contributed by atoms with Crippen molar-refractivity contribution in [3.8, 4) is 5.75 Å². The standard InChI is InChI=1S/C30H32O.6CH4/c1-3-23(24-9-5-4-6-10-24)20-29(26-15-17-30(31)18-16-26)19-22(2)27-14-13-25-11-7-8-12-28(25)21-27;;;;;;/h4-18,21-23,29,31H,3,19-20H2,1-2H3;6*1H4. The molecule has 0 saturated carbocycles. The maximum absolute atomic E-state index is 9.81. The first-order valence-electron chi connectivity index (χ1n) is 11.5. The largest absolute Gasteiger partial charge is 0.508 e. The monoisotopic (exact) mass is 504 g/mol. The molecule has 0 saturated heterocycles. The highest BCUT2D eigenvalue weighted by molar-refractivity contribution is 5.83. The summed E-state index contributed by atoms with van der Waals surface area (Å²) < 4.78 is 0. The number of hydrogen-bond acceptors (Lipinski definition) is 1. The Balaban J connectivity index is -0.00000193. The van der Waals surface area contributed by atoms with Crippen LogP contribution in [-0.4, -0.2) is 5.11 Å². The van der Waals surface area contributed by atoms with Gasteiger partial charge in [-0.15, -0.1) is 0 Å². The van der Waals surface area contributed by atoms with Gasteiger partial charge in [-0.05, 0) is 76.6 Å². The molecule has 3 atom stereocenters. The Hall–Kier alpha value is -3.06. The van der Waals surface area contributed by atoms with Crippen molar-refractivity contribution in [2.24, 2.45) is 0 Å². The van der Waals surface area contributed by atoms with Crippen molar-refractivity contribution in [2.75, 3.05) is 0 Å². The number of benzene rings is 4. The van der Waals surface area contributed by atoms with Crippen LogP contribution in [0.2, 0.25) is 0 Å². The Bertz CT molecular complexity index is 1100. The van der Waals surface area contributed by atoms with Gasteiger partial charge in [0.2, 0.25) is 0 Å². The lowest BCUT2D eigenvalue weighted by Crippen LogP contribution is -2.10. The number of phenolic OH excluding ortho intramolecular Hbond substituents is 1. The van der Waals surface area contributed by atoms with Gasteiger partial charge in [0.1, 0.15) is 5.75 Å². The number of hydrogen-bond donors (Lipinski definition) is 1. The first-order valence-corrected chi connectivity index (χ1v) is 11.5. The van der Waals surface area contributed by atoms with Crippen LogP contribution in [0.1, 0.15) is 112 Å². The van der Waals surface area contributed by atoms with E-state index in [2.05, 4.69) is 98.8 Å². The maximum atomic E-state index is 9.81. The summed E-state index contributed by atoms with van der Waals surface area (Å²) in [5.74, 6) is 1.76. The summed E-state index contributed by atoms with van der Waals surface area (Å²) in [6.07, 6.45) is 3.33. The van der Waals surface area contributed by atoms with Crippen molar-refractivity contribution < 1.29 is 5.11 Å². The van der Waals surface area contributed by atoms with E-state index in [1.54, 1.807) is 0 Å². The molecule has 1 nitrogen and oxygen atoms in total. The molecule has 0 radical (unpaired) electrons. The first kappa shape index (κ1) is 38.5. The summed E-state index contributed by atoms with van der Waals surface area (Å²) in [6.45, 7) is 4.64. The van der Waals surface area contributed by atoms with E-state index >= 15 is 0 Å². The SMILES string of the molecule is C.C.C.C.C.C.CCC(CC(CC(C)c1ccc2ccccc2c1)c1ccc(O)cc1)c1ccccc1. The molecule has 0 amide bonds. The van der Waals surface area contributed by atoms with Crippen molar-refractivity contribution in [2.45, 2.75) is 95.4 Å². The van der Waals surface area contributed by atoms with Gasteiger partial charge in [-0.1, -0.05) is 143 Å². The van der Waals surface area contributed by atoms with Gasteiger partial charge in [-0.25, -0.2) is 0 Å². The zero-order valence-corrected chi connectivity index (χ0v) is 18.5. The van der Waals surface area contributed by atoms with Gasteiger partial charge in [0.15, 0.2) is 0 Å². The van der Waals surface area contributed by atoms with Crippen LogP contribution in [0.3, 0.4) is 0 Å². The number of fused-ring (bicyclic) bond motifs is 1. The molecule has 3 unspecified atom stereocenters. The average molecular weight is 505 g/mol. The highest BCUT2D eigenvalue weighted by Crippen LogP contribution is 2.39. The molecule has 0 fully saturated rings. The third-order valence-electron chi connectivity index (χ3n) is 6.68. The molecule has 0 aliphatic rings. The Labute approximate surface area is 230 Å². The molecular formula is C36H56O. The van der Waals surface area contributed by atoms with E-state index in [1.165, 1.54) is 27.5 Å². The highest BCUT2D eigenvalue weighted by Gasteiger charge is 2.22. The lowest BCUT2D eigenvalue weighted by Gasteiger charge is -2.26. The van der Waals surface area contributed by atoms with E-state index in [1.807, 2.05) is 12.1 Å². The molecule has 4 aromatic carbocycles. The van der Waals surface area contributed by atoms with E-state index < -0.39 is 0 Å². The third kappa shape index (κ3) is 9.73. The van der Waals surface area contributed by atoms with Crippen molar-refractivity contribution in [1.82, 2.24) is 0 Å². The van der Waals surface area contributed by atoms with Gasteiger partial charge >= 0.3 is 0 Å². The summed E-state index contributed by atoms with van der Waals surface area (Å²) in [7, 11) is 0. The second-order valence-electron chi connectivity index (χ2n) is 8.78. The molecule has 0 spiro atoms. The van der Waals surface area contributed by atoms with Crippen LogP contribution in [0.15, 0.2) is 97.1 Å². The lowest BCUT2D eigenvalue weighted by molar-refractivity contribution is 0.462. The number of rotatable bonds is 8. The zero-order valence-electron chi connectivity index (χ0n) is 18.5. The fourth-order valence-electron chi connectivity index (χ4n) is 4.80. The summed E-state index contributed by atoms with van der Waals surface area (Å²) in [5, 5.41) is 12.4. The molecule has 1 N–H and O–H groups in total. The second kappa shape index (κ2) is 18.2. The minimum Gasteiger partial charge on any atom is -0.508 e. The highest BCUT2D eigenvalue weighted by atomic mass is 16.3. The Morgan fingerprint density at radius 2 is 1.05 bits per heavy atom. The van der Waals surface area contributed by atoms with Crippen LogP contribution in [0.5, 0.6) is 5.75 Å². The molecule has 4 aromatic rings. The lowest BCUT2D eigenvalue weighted by atomic mass is 9.78. The van der Waals surface area contributed by atoms with Crippen LogP contribution in [0, 0.1) is 0 Å². The minimum atomic E-state index is 0. The van der Waals surface area contributed by atoms with Crippen LogP contribution < -0.4 is 0 Å². The summed E-state index contributed by atoms with van der Waals surface area (Å²) in [6, 6.07) is 34.2. The molecule has 0 aliphatic carbocycles. The zero-order chi connectivity index (χ0) is 21.6. The molecule has 0 aliphatic heterocycles. The van der Waals surface area contributed by atoms with Crippen molar-refractivity contribution in [3.05, 3.63) is 114 Å². The summed E-state index contributed by atoms with van der Waals surface area (Å²) in [5.41, 5.74) is 4.14. The number of aromatic hydroxyl groups is 1. The first-order chi connectivity index (χ1) is 15.1. The summed E-state index contributed by atoms with van der Waals surface area (Å²) >= 11 is 0. The molecule has 0 aromatic heterocycles. The van der Waals surface area contributed by atoms with Gasteiger partial charge in [-0.2, -0.15) is 0 Å². The normalized spacial score (nSPS) is 11.9. The molecule has 4 rings (SSSR count). The fourth-order valence-corrected chi connectivity index (χ4v) is 4.80. The topological polar surface area (TPSA) is 20.2 Å². The van der Waals surface area contributed by atoms with Gasteiger partial charge in [0.25, 0.3) is 0 Å². The van der Waals surface area contributed by atoms with E-state index in [0.29, 0.717) is 23.5 Å². The maximum Gasteiger partial charge on any atom is 0.115 e. The molecule has 37 heavy (non-hydrogen) atoms. The van der Waals surface area contributed by atoms with Gasteiger partial charge < -0.3 is 5.11 Å². The second-order valence-corrected chi connectivity index (χ2v) is 8.78. The number of phenols is 1. The fraction of sp³-hybridized carbons (Fsp3) is 0.389. The Kier molecular flexibility index (Phi) is 18.9. The van der Waals surface area contributed by atoms with E-state index in [4.69, 9.17) is 0 Å². The minimum absolute atomic E-state index is 0. The average Bonchev–Trinajstić information content (AvgIpc) is 2.82. The van der Waals surface area contributed by atoms with Crippen LogP contribution in [-0.2, 0) is 0 Å². The van der Waals surface area contributed by atoms with Crippen molar-refractivity contribution in [1.29, 1.82) is 0 Å². The quantitative estimate of drug-likeness (QED) is 0.253. The van der Waals surface area contributed by atoms with Crippen LogP contribution >= 0.6 is 0 Å². The van der Waals surface area contributed by atoms with E-state index in [-0.39, 0.29) is 44.6 Å². The van der Waals surface area contributed by atoms with Crippen LogP contribution in [0.25, 0.3) is 10.8 Å². The Morgan fingerprint density at radius 1 is 0.541 bits per heavy atom. The van der Waals surface area contributed by atoms with Crippen molar-refractivity contribution in [3.63, 3.8) is 0 Å². The third-order valence-corrected chi connectivity index (χ3v) is 6.68. The molecule has 0 heterocycles. The van der Waals surface area contributed by atoms with E-state index in [0.717, 1.165) is 19.3 Å². The van der Waals surface area contributed by atoms with Crippen molar-refractivity contribution >= 4 is 10.8 Å². The van der Waals surface area contributed by atoms with Crippen LogP contribution in [0.4, 0.5) is 0 Å². The Morgan fingerprint density at radius 3 is 1.65 bits per heavy atom. The molecule has 1 heteroatoms. The molecular weight excluding hydrogens is 448 g/mol. The molecule has 0 bridgehead atoms. The predicted molar refractivity (Wildman–Crippen MR) is 172 cm³/mol. The summed E-state index contributed by atoms with van der Waals surface area (Å²) in [4.78, 5) is 0. The van der Waals surface area contributed by atoms with Gasteiger partial charge in [0, 0.05) is 0 Å². The van der Waals surface area contributed by atoms with Gasteiger partial charge in [0.05, 0.1) is 0 Å². The smallest absolute Gasteiger partial charge is 0.115 e. The van der Waals surface area contributed by atoms with Gasteiger partial charge in [-0.3, -0.25) is 0 Å². The molecule has 206 valence electrons. The van der Waals surface area contributed by atoms with E-state index in [9.17, 15) is 5.11 Å².